The van der Waals surface area contributed by atoms with Crippen LogP contribution in [0.1, 0.15) is 5.56 Å². The summed E-state index contributed by atoms with van der Waals surface area (Å²) in [6, 6.07) is 5.26. The van der Waals surface area contributed by atoms with Crippen molar-refractivity contribution in [3.63, 3.8) is 0 Å². The van der Waals surface area contributed by atoms with Gasteiger partial charge in [-0.1, -0.05) is 16.8 Å². The molecular formula is C11H14ClN3O2S. The van der Waals surface area contributed by atoms with Gasteiger partial charge in [0, 0.05) is 51.7 Å². The molecule has 0 saturated carbocycles. The molecule has 1 aromatic carbocycles. The molecule has 0 unspecified atom stereocenters. The van der Waals surface area contributed by atoms with E-state index in [4.69, 9.17) is 22.5 Å². The van der Waals surface area contributed by atoms with Gasteiger partial charge >= 0.3 is 0 Å². The Balaban J connectivity index is 2.35. The molecule has 0 atom stereocenters. The summed E-state index contributed by atoms with van der Waals surface area (Å²) in [4.78, 5) is 2.07. The first-order valence-electron chi connectivity index (χ1n) is 5.49. The average Bonchev–Trinajstić information content (AvgIpc) is 2.39. The molecule has 0 aromatic heterocycles. The number of benzene rings is 1. The molecule has 1 saturated heterocycles. The van der Waals surface area contributed by atoms with Crippen molar-refractivity contribution in [3.05, 3.63) is 28.8 Å². The maximum absolute atomic E-state index is 11.3. The molecule has 1 aromatic rings. The molecular weight excluding hydrogens is 274 g/mol. The molecule has 1 aliphatic rings. The van der Waals surface area contributed by atoms with Crippen LogP contribution in [0.15, 0.2) is 23.4 Å². The lowest BCUT2D eigenvalue weighted by Gasteiger charge is -2.30. The van der Waals surface area contributed by atoms with Gasteiger partial charge in [0.2, 0.25) is 0 Å². The zero-order valence-corrected chi connectivity index (χ0v) is 11.2. The highest BCUT2D eigenvalue weighted by atomic mass is 35.5. The minimum absolute atomic E-state index is 0.0270. The summed E-state index contributed by atoms with van der Waals surface area (Å²) in [6.45, 7) is 1.39. The summed E-state index contributed by atoms with van der Waals surface area (Å²) in [7, 11) is -0.737. The van der Waals surface area contributed by atoms with Crippen molar-refractivity contribution in [2.45, 2.75) is 0 Å². The van der Waals surface area contributed by atoms with Crippen LogP contribution in [-0.2, 0) is 10.8 Å². The first kappa shape index (κ1) is 13.2. The number of hydrogen-bond donors (Lipinski definition) is 2. The monoisotopic (exact) mass is 287 g/mol. The lowest BCUT2D eigenvalue weighted by atomic mass is 10.1. The van der Waals surface area contributed by atoms with E-state index in [0.29, 0.717) is 35.2 Å². The fourth-order valence-corrected chi connectivity index (χ4v) is 3.15. The quantitative estimate of drug-likeness (QED) is 0.368. The van der Waals surface area contributed by atoms with Gasteiger partial charge in [-0.05, 0) is 18.2 Å². The van der Waals surface area contributed by atoms with Gasteiger partial charge in [0.05, 0.1) is 0 Å². The van der Waals surface area contributed by atoms with E-state index in [0.717, 1.165) is 5.69 Å². The lowest BCUT2D eigenvalue weighted by Crippen LogP contribution is -2.38. The number of oxime groups is 1. The van der Waals surface area contributed by atoms with Crippen molar-refractivity contribution in [2.75, 3.05) is 29.5 Å². The van der Waals surface area contributed by atoms with E-state index in [2.05, 4.69) is 10.1 Å². The standard InChI is InChI=1S/C11H14ClN3O2S/c12-8-1-2-10(9(7-8)11(13)14-16)15-3-5-18(17)6-4-15/h1-2,7,16H,3-6H2,(H2,13,14). The van der Waals surface area contributed by atoms with Gasteiger partial charge in [0.25, 0.3) is 0 Å². The minimum Gasteiger partial charge on any atom is -0.409 e. The molecule has 98 valence electrons. The van der Waals surface area contributed by atoms with Crippen LogP contribution in [-0.4, -0.2) is 39.8 Å². The summed E-state index contributed by atoms with van der Waals surface area (Å²) in [5.74, 6) is 1.30. The Morgan fingerprint density at radius 3 is 2.72 bits per heavy atom. The average molecular weight is 288 g/mol. The maximum atomic E-state index is 11.3. The van der Waals surface area contributed by atoms with Crippen LogP contribution in [0.3, 0.4) is 0 Å². The molecule has 18 heavy (non-hydrogen) atoms. The molecule has 0 aliphatic carbocycles. The van der Waals surface area contributed by atoms with E-state index in [-0.39, 0.29) is 5.84 Å². The van der Waals surface area contributed by atoms with Gasteiger partial charge < -0.3 is 15.8 Å². The second kappa shape index (κ2) is 5.58. The number of rotatable bonds is 2. The van der Waals surface area contributed by atoms with Gasteiger partial charge in [0.1, 0.15) is 0 Å². The first-order chi connectivity index (χ1) is 8.61. The van der Waals surface area contributed by atoms with Gasteiger partial charge in [0.15, 0.2) is 5.84 Å². The molecule has 5 nitrogen and oxygen atoms in total. The van der Waals surface area contributed by atoms with Crippen LogP contribution in [0.5, 0.6) is 0 Å². The Labute approximate surface area is 113 Å². The molecule has 0 amide bonds. The van der Waals surface area contributed by atoms with Crippen LogP contribution < -0.4 is 10.6 Å². The molecule has 2 rings (SSSR count). The van der Waals surface area contributed by atoms with E-state index in [1.54, 1.807) is 12.1 Å². The predicted octanol–water partition coefficient (Wildman–Crippen LogP) is 1.00. The minimum atomic E-state index is -0.737. The molecule has 1 heterocycles. The Kier molecular flexibility index (Phi) is 4.08. The van der Waals surface area contributed by atoms with Crippen LogP contribution >= 0.6 is 11.6 Å². The third kappa shape index (κ3) is 2.76. The molecule has 1 aliphatic heterocycles. The Bertz CT molecular complexity index is 497. The van der Waals surface area contributed by atoms with Gasteiger partial charge in [-0.15, -0.1) is 0 Å². The van der Waals surface area contributed by atoms with Crippen molar-refractivity contribution in [2.24, 2.45) is 10.9 Å². The Morgan fingerprint density at radius 2 is 2.11 bits per heavy atom. The fourth-order valence-electron chi connectivity index (χ4n) is 1.92. The molecule has 1 fully saturated rings. The van der Waals surface area contributed by atoms with Gasteiger partial charge in [-0.2, -0.15) is 0 Å². The summed E-state index contributed by atoms with van der Waals surface area (Å²) in [5.41, 5.74) is 7.10. The third-order valence-electron chi connectivity index (χ3n) is 2.86. The second-order valence-corrected chi connectivity index (χ2v) is 6.11. The van der Waals surface area contributed by atoms with E-state index in [1.165, 1.54) is 0 Å². The molecule has 7 heteroatoms. The second-order valence-electron chi connectivity index (χ2n) is 3.98. The highest BCUT2D eigenvalue weighted by Gasteiger charge is 2.19. The zero-order valence-electron chi connectivity index (χ0n) is 9.67. The van der Waals surface area contributed by atoms with Crippen molar-refractivity contribution in [1.82, 2.24) is 0 Å². The molecule has 0 radical (unpaired) electrons. The molecule has 0 spiro atoms. The van der Waals surface area contributed by atoms with Crippen molar-refractivity contribution < 1.29 is 9.42 Å². The third-order valence-corrected chi connectivity index (χ3v) is 4.37. The van der Waals surface area contributed by atoms with Crippen LogP contribution in [0, 0.1) is 0 Å². The van der Waals surface area contributed by atoms with E-state index in [9.17, 15) is 4.21 Å². The number of amidine groups is 1. The Morgan fingerprint density at radius 1 is 1.44 bits per heavy atom. The number of anilines is 1. The van der Waals surface area contributed by atoms with Crippen molar-refractivity contribution >= 4 is 33.9 Å². The van der Waals surface area contributed by atoms with Crippen molar-refractivity contribution in [3.8, 4) is 0 Å². The largest absolute Gasteiger partial charge is 0.409 e. The highest BCUT2D eigenvalue weighted by molar-refractivity contribution is 7.85. The Hall–Kier alpha value is -1.27. The number of hydrogen-bond acceptors (Lipinski definition) is 4. The highest BCUT2D eigenvalue weighted by Crippen LogP contribution is 2.25. The van der Waals surface area contributed by atoms with E-state index >= 15 is 0 Å². The van der Waals surface area contributed by atoms with Gasteiger partial charge in [-0.3, -0.25) is 4.21 Å². The van der Waals surface area contributed by atoms with Gasteiger partial charge in [-0.25, -0.2) is 0 Å². The summed E-state index contributed by atoms with van der Waals surface area (Å²) in [6.07, 6.45) is 0. The van der Waals surface area contributed by atoms with E-state index < -0.39 is 10.8 Å². The smallest absolute Gasteiger partial charge is 0.172 e. The maximum Gasteiger partial charge on any atom is 0.172 e. The van der Waals surface area contributed by atoms with Crippen LogP contribution in [0.4, 0.5) is 5.69 Å². The normalized spacial score (nSPS) is 18.1. The van der Waals surface area contributed by atoms with Crippen LogP contribution in [0.2, 0.25) is 5.02 Å². The number of nitrogens with zero attached hydrogens (tertiary/aromatic N) is 2. The summed E-state index contributed by atoms with van der Waals surface area (Å²) in [5, 5.41) is 12.3. The van der Waals surface area contributed by atoms with Crippen LogP contribution in [0.25, 0.3) is 0 Å². The molecule has 0 bridgehead atoms. The SMILES string of the molecule is NC(=NO)c1cc(Cl)ccc1N1CCS(=O)CC1. The summed E-state index contributed by atoms with van der Waals surface area (Å²) >= 11 is 5.92. The number of halogens is 1. The number of nitrogens with two attached hydrogens (primary N) is 1. The topological polar surface area (TPSA) is 78.9 Å². The van der Waals surface area contributed by atoms with E-state index in [1.807, 2.05) is 6.07 Å². The molecule has 3 N–H and O–H groups in total. The first-order valence-corrected chi connectivity index (χ1v) is 7.36. The lowest BCUT2D eigenvalue weighted by molar-refractivity contribution is 0.318. The predicted molar refractivity (Wildman–Crippen MR) is 74.1 cm³/mol. The fraction of sp³-hybridized carbons (Fsp3) is 0.364. The van der Waals surface area contributed by atoms with Crippen molar-refractivity contribution in [1.29, 1.82) is 0 Å². The summed E-state index contributed by atoms with van der Waals surface area (Å²) < 4.78 is 11.3. The zero-order chi connectivity index (χ0) is 13.1.